The van der Waals surface area contributed by atoms with Crippen LogP contribution in [0.1, 0.15) is 26.2 Å². The van der Waals surface area contributed by atoms with Crippen LogP contribution in [0.3, 0.4) is 0 Å². The number of nitrogens with two attached hydrogens (primary N) is 1. The van der Waals surface area contributed by atoms with E-state index in [1.54, 1.807) is 11.8 Å². The molecule has 2 unspecified atom stereocenters. The molecule has 0 aromatic carbocycles. The normalized spacial score (nSPS) is 36.7. The smallest absolute Gasteiger partial charge is 0.311 e. The molecule has 6 nitrogen and oxygen atoms in total. The van der Waals surface area contributed by atoms with Gasteiger partial charge in [-0.1, -0.05) is 0 Å². The Bertz CT molecular complexity index is 365. The number of carbonyl (C=O) groups is 2. The molecule has 6 heteroatoms. The van der Waals surface area contributed by atoms with E-state index in [1.165, 1.54) is 0 Å². The van der Waals surface area contributed by atoms with Gasteiger partial charge in [0.25, 0.3) is 0 Å². The molecular weight excluding hydrogens is 236 g/mol. The van der Waals surface area contributed by atoms with Gasteiger partial charge in [0.05, 0.1) is 12.0 Å². The van der Waals surface area contributed by atoms with Gasteiger partial charge in [0.15, 0.2) is 0 Å². The lowest BCUT2D eigenvalue weighted by atomic mass is 9.81. The van der Waals surface area contributed by atoms with Crippen molar-refractivity contribution in [3.63, 3.8) is 0 Å². The van der Waals surface area contributed by atoms with Crippen LogP contribution >= 0.6 is 0 Å². The number of aliphatic carboxylic acids is 1. The van der Waals surface area contributed by atoms with E-state index in [1.807, 2.05) is 0 Å². The van der Waals surface area contributed by atoms with Crippen LogP contribution in [0.2, 0.25) is 0 Å². The SMILES string of the molecule is CC1(C(=O)O)CCCN(C(=O)C2(N)CCOC2)C1. The molecule has 0 aliphatic carbocycles. The number of carboxylic acid groups (broad SMARTS) is 1. The third-order valence-corrected chi connectivity index (χ3v) is 3.98. The molecule has 1 amide bonds. The Kier molecular flexibility index (Phi) is 3.33. The van der Waals surface area contributed by atoms with E-state index in [9.17, 15) is 14.7 Å². The van der Waals surface area contributed by atoms with E-state index in [0.717, 1.165) is 0 Å². The summed E-state index contributed by atoms with van der Waals surface area (Å²) in [5.74, 6) is -1.03. The third-order valence-electron chi connectivity index (χ3n) is 3.98. The second-order valence-corrected chi connectivity index (χ2v) is 5.65. The van der Waals surface area contributed by atoms with Crippen molar-refractivity contribution in [1.82, 2.24) is 4.90 Å². The van der Waals surface area contributed by atoms with Crippen LogP contribution in [0.5, 0.6) is 0 Å². The first-order chi connectivity index (χ1) is 8.37. The van der Waals surface area contributed by atoms with Crippen LogP contribution in [0.4, 0.5) is 0 Å². The van der Waals surface area contributed by atoms with Gasteiger partial charge in [-0.3, -0.25) is 9.59 Å². The largest absolute Gasteiger partial charge is 0.481 e. The molecule has 0 saturated carbocycles. The molecule has 0 aromatic rings. The van der Waals surface area contributed by atoms with Crippen molar-refractivity contribution < 1.29 is 19.4 Å². The summed E-state index contributed by atoms with van der Waals surface area (Å²) in [6.07, 6.45) is 1.80. The summed E-state index contributed by atoms with van der Waals surface area (Å²) >= 11 is 0. The number of hydrogen-bond acceptors (Lipinski definition) is 4. The first-order valence-electron chi connectivity index (χ1n) is 6.27. The topological polar surface area (TPSA) is 92.9 Å². The van der Waals surface area contributed by atoms with E-state index in [4.69, 9.17) is 10.5 Å². The van der Waals surface area contributed by atoms with E-state index in [-0.39, 0.29) is 19.1 Å². The first-order valence-corrected chi connectivity index (χ1v) is 6.27. The number of rotatable bonds is 2. The van der Waals surface area contributed by atoms with Crippen molar-refractivity contribution in [2.24, 2.45) is 11.1 Å². The molecule has 2 saturated heterocycles. The molecule has 0 bridgehead atoms. The van der Waals surface area contributed by atoms with Crippen LogP contribution < -0.4 is 5.73 Å². The van der Waals surface area contributed by atoms with Crippen molar-refractivity contribution in [3.8, 4) is 0 Å². The lowest BCUT2D eigenvalue weighted by molar-refractivity contribution is -0.154. The average Bonchev–Trinajstić information content (AvgIpc) is 2.76. The van der Waals surface area contributed by atoms with Crippen LogP contribution in [-0.4, -0.2) is 53.7 Å². The molecule has 2 aliphatic heterocycles. The molecule has 2 heterocycles. The Morgan fingerprint density at radius 1 is 1.39 bits per heavy atom. The average molecular weight is 256 g/mol. The van der Waals surface area contributed by atoms with Crippen molar-refractivity contribution in [3.05, 3.63) is 0 Å². The molecule has 2 atom stereocenters. The van der Waals surface area contributed by atoms with Crippen LogP contribution in [0, 0.1) is 5.41 Å². The van der Waals surface area contributed by atoms with Gasteiger partial charge in [-0.05, 0) is 26.2 Å². The van der Waals surface area contributed by atoms with E-state index in [0.29, 0.717) is 32.4 Å². The number of hydrogen-bond donors (Lipinski definition) is 2. The van der Waals surface area contributed by atoms with Gasteiger partial charge < -0.3 is 20.5 Å². The lowest BCUT2D eigenvalue weighted by Crippen LogP contribution is -2.59. The number of ether oxygens (including phenoxy) is 1. The summed E-state index contributed by atoms with van der Waals surface area (Å²) in [4.78, 5) is 25.2. The van der Waals surface area contributed by atoms with Crippen molar-refractivity contribution in [1.29, 1.82) is 0 Å². The molecule has 2 rings (SSSR count). The minimum atomic E-state index is -0.962. The fourth-order valence-electron chi connectivity index (χ4n) is 2.65. The molecule has 3 N–H and O–H groups in total. The summed E-state index contributed by atoms with van der Waals surface area (Å²) in [5, 5.41) is 9.23. The number of nitrogens with zero attached hydrogens (tertiary/aromatic N) is 1. The predicted molar refractivity (Wildman–Crippen MR) is 63.9 cm³/mol. The van der Waals surface area contributed by atoms with Crippen LogP contribution in [0.25, 0.3) is 0 Å². The van der Waals surface area contributed by atoms with Crippen LogP contribution in [-0.2, 0) is 14.3 Å². The van der Waals surface area contributed by atoms with Gasteiger partial charge in [0.2, 0.25) is 5.91 Å². The highest BCUT2D eigenvalue weighted by atomic mass is 16.5. The highest BCUT2D eigenvalue weighted by Crippen LogP contribution is 2.31. The molecule has 102 valence electrons. The minimum Gasteiger partial charge on any atom is -0.481 e. The zero-order valence-electron chi connectivity index (χ0n) is 10.6. The third kappa shape index (κ3) is 2.22. The van der Waals surface area contributed by atoms with Crippen LogP contribution in [0.15, 0.2) is 0 Å². The first kappa shape index (κ1) is 13.3. The Balaban J connectivity index is 2.09. The number of carboxylic acids is 1. The van der Waals surface area contributed by atoms with Gasteiger partial charge in [-0.25, -0.2) is 0 Å². The maximum atomic E-state index is 12.4. The molecular formula is C12H20N2O4. The van der Waals surface area contributed by atoms with Gasteiger partial charge in [0.1, 0.15) is 5.54 Å². The van der Waals surface area contributed by atoms with Gasteiger partial charge in [-0.15, -0.1) is 0 Å². The molecule has 18 heavy (non-hydrogen) atoms. The number of piperidine rings is 1. The van der Waals surface area contributed by atoms with Gasteiger partial charge >= 0.3 is 5.97 Å². The fourth-order valence-corrected chi connectivity index (χ4v) is 2.65. The Morgan fingerprint density at radius 2 is 2.11 bits per heavy atom. The standard InChI is InChI=1S/C12H20N2O4/c1-11(10(16)17)3-2-5-14(7-11)9(15)12(13)4-6-18-8-12/h2-8,13H2,1H3,(H,16,17). The van der Waals surface area contributed by atoms with E-state index >= 15 is 0 Å². The monoisotopic (exact) mass is 256 g/mol. The Hall–Kier alpha value is -1.14. The summed E-state index contributed by atoms with van der Waals surface area (Å²) in [6.45, 7) is 3.22. The van der Waals surface area contributed by atoms with Crippen molar-refractivity contribution in [2.75, 3.05) is 26.3 Å². The predicted octanol–water partition coefficient (Wildman–Crippen LogP) is -0.182. The summed E-state index contributed by atoms with van der Waals surface area (Å²) in [6, 6.07) is 0. The zero-order valence-corrected chi connectivity index (χ0v) is 10.6. The molecule has 2 aliphatic rings. The van der Waals surface area contributed by atoms with E-state index < -0.39 is 16.9 Å². The fraction of sp³-hybridized carbons (Fsp3) is 0.833. The number of amides is 1. The van der Waals surface area contributed by atoms with E-state index in [2.05, 4.69) is 0 Å². The maximum Gasteiger partial charge on any atom is 0.311 e. The summed E-state index contributed by atoms with van der Waals surface area (Å²) < 4.78 is 5.18. The molecule has 0 aromatic heterocycles. The lowest BCUT2D eigenvalue weighted by Gasteiger charge is -2.40. The second kappa shape index (κ2) is 4.51. The van der Waals surface area contributed by atoms with Gasteiger partial charge in [-0.2, -0.15) is 0 Å². The number of carbonyl (C=O) groups excluding carboxylic acids is 1. The maximum absolute atomic E-state index is 12.4. The molecule has 2 fully saturated rings. The minimum absolute atomic E-state index is 0.174. The summed E-state index contributed by atoms with van der Waals surface area (Å²) in [5.41, 5.74) is 4.22. The van der Waals surface area contributed by atoms with Crippen molar-refractivity contribution in [2.45, 2.75) is 31.7 Å². The van der Waals surface area contributed by atoms with Crippen molar-refractivity contribution >= 4 is 11.9 Å². The quantitative estimate of drug-likeness (QED) is 0.714. The molecule has 0 radical (unpaired) electrons. The highest BCUT2D eigenvalue weighted by molar-refractivity contribution is 5.87. The Morgan fingerprint density at radius 3 is 2.67 bits per heavy atom. The zero-order chi connectivity index (χ0) is 13.4. The van der Waals surface area contributed by atoms with Gasteiger partial charge in [0, 0.05) is 19.7 Å². The Labute approximate surface area is 106 Å². The summed E-state index contributed by atoms with van der Waals surface area (Å²) in [7, 11) is 0. The second-order valence-electron chi connectivity index (χ2n) is 5.65. The molecule has 0 spiro atoms. The highest BCUT2D eigenvalue weighted by Gasteiger charge is 2.46. The number of likely N-dealkylation sites (tertiary alicyclic amines) is 1.